The monoisotopic (exact) mass is 498 g/mol. The van der Waals surface area contributed by atoms with Gasteiger partial charge in [0.2, 0.25) is 0 Å². The lowest BCUT2D eigenvalue weighted by Crippen LogP contribution is -2.73. The topological polar surface area (TPSA) is 12.0 Å². The number of hydrogen-bond acceptors (Lipinski definition) is 1. The van der Waals surface area contributed by atoms with Crippen molar-refractivity contribution in [3.8, 4) is 11.4 Å². The summed E-state index contributed by atoms with van der Waals surface area (Å²) in [6.07, 6.45) is 4.68. The molecule has 1 aromatic heterocycles. The van der Waals surface area contributed by atoms with Crippen molar-refractivity contribution >= 4 is 12.6 Å². The van der Waals surface area contributed by atoms with E-state index in [0.29, 0.717) is 29.8 Å². The van der Waals surface area contributed by atoms with Gasteiger partial charge in [0.1, 0.15) is 23.8 Å². The van der Waals surface area contributed by atoms with Crippen molar-refractivity contribution < 1.29 is 4.57 Å². The predicted octanol–water partition coefficient (Wildman–Crippen LogP) is 7.27. The van der Waals surface area contributed by atoms with Crippen LogP contribution in [0.1, 0.15) is 123 Å². The Hall–Kier alpha value is -2.33. The molecule has 0 fully saturated rings. The average Bonchev–Trinajstić information content (AvgIpc) is 3.24. The van der Waals surface area contributed by atoms with E-state index in [1.807, 2.05) is 0 Å². The summed E-state index contributed by atoms with van der Waals surface area (Å²) >= 11 is 0. The third-order valence-electron chi connectivity index (χ3n) is 8.49. The van der Waals surface area contributed by atoms with Crippen LogP contribution in [-0.4, -0.2) is 28.3 Å². The van der Waals surface area contributed by atoms with Crippen LogP contribution in [0.2, 0.25) is 0 Å². The lowest BCUT2D eigenvalue weighted by molar-refractivity contribution is -0.577. The molecule has 0 saturated carbocycles. The first-order chi connectivity index (χ1) is 17.3. The maximum atomic E-state index is 2.74. The van der Waals surface area contributed by atoms with Gasteiger partial charge in [0.25, 0.3) is 0 Å². The van der Waals surface area contributed by atoms with Gasteiger partial charge in [-0.1, -0.05) is 119 Å². The van der Waals surface area contributed by atoms with Crippen molar-refractivity contribution in [1.29, 1.82) is 0 Å². The van der Waals surface area contributed by atoms with Crippen LogP contribution in [0.25, 0.3) is 11.4 Å². The summed E-state index contributed by atoms with van der Waals surface area (Å²) in [7, 11) is 0. The molecule has 37 heavy (non-hydrogen) atoms. The number of fused-ring (bicyclic) bond motifs is 3. The third-order valence-corrected chi connectivity index (χ3v) is 8.49. The van der Waals surface area contributed by atoms with Crippen LogP contribution in [0.3, 0.4) is 0 Å². The van der Waals surface area contributed by atoms with E-state index in [4.69, 9.17) is 0 Å². The van der Waals surface area contributed by atoms with E-state index >= 15 is 0 Å². The van der Waals surface area contributed by atoms with Gasteiger partial charge in [-0.15, -0.1) is 5.31 Å². The van der Waals surface area contributed by atoms with Crippen LogP contribution in [0, 0.1) is 0 Å². The summed E-state index contributed by atoms with van der Waals surface area (Å²) < 4.78 is 5.11. The van der Waals surface area contributed by atoms with E-state index in [1.165, 1.54) is 39.4 Å². The summed E-state index contributed by atoms with van der Waals surface area (Å²) in [5, 5.41) is -0.0738. The van der Waals surface area contributed by atoms with E-state index in [2.05, 4.69) is 146 Å². The number of rotatable bonds is 7. The Balaban J connectivity index is 2.18. The van der Waals surface area contributed by atoms with Gasteiger partial charge >= 0.3 is 0 Å². The van der Waals surface area contributed by atoms with Crippen LogP contribution in [0.5, 0.6) is 0 Å². The molecular weight excluding hydrogens is 449 g/mol. The van der Waals surface area contributed by atoms with Gasteiger partial charge in [-0.2, -0.15) is 0 Å². The first-order valence-corrected chi connectivity index (χ1v) is 14.5. The Kier molecular flexibility index (Phi) is 7.56. The predicted molar refractivity (Wildman–Crippen MR) is 160 cm³/mol. The SMILES string of the molecule is CC(C)c1cccc2c1-n1cc[n+](-c3c(C(C)C)cccc3C(C)C)c1[B-](N(C(C)C)C(C)C)C2(C)C. The lowest BCUT2D eigenvalue weighted by Gasteiger charge is -2.56. The zero-order chi connectivity index (χ0) is 27.4. The standard InChI is InChI=1S/C33H49BN3/c1-21(2)26-15-13-16-27(22(3)4)30(26)35-19-20-36-31-28(23(5)6)17-14-18-29(31)33(11,12)34(32(35)36)37(24(7)8)25(9)10/h13-25H,1-12H3. The minimum atomic E-state index is -0.0738. The van der Waals surface area contributed by atoms with Crippen LogP contribution >= 0.6 is 0 Å². The molecule has 0 unspecified atom stereocenters. The van der Waals surface area contributed by atoms with Crippen LogP contribution in [-0.2, 0) is 5.31 Å². The molecule has 3 nitrogen and oxygen atoms in total. The second-order valence-electron chi connectivity index (χ2n) is 13.1. The highest BCUT2D eigenvalue weighted by atomic mass is 15.2. The van der Waals surface area contributed by atoms with E-state index in [9.17, 15) is 0 Å². The molecular formula is C33H49BN3. The first kappa shape index (κ1) is 27.7. The van der Waals surface area contributed by atoms with E-state index in [0.717, 1.165) is 0 Å². The Morgan fingerprint density at radius 3 is 1.70 bits per heavy atom. The summed E-state index contributed by atoms with van der Waals surface area (Å²) in [4.78, 5) is 2.74. The number of nitrogens with zero attached hydrogens (tertiary/aromatic N) is 3. The maximum absolute atomic E-state index is 2.74. The fourth-order valence-corrected chi connectivity index (χ4v) is 6.82. The van der Waals surface area contributed by atoms with Gasteiger partial charge in [0.15, 0.2) is 0 Å². The molecule has 1 aliphatic rings. The number of benzene rings is 2. The van der Waals surface area contributed by atoms with Gasteiger partial charge in [0, 0.05) is 16.7 Å². The van der Waals surface area contributed by atoms with Crippen molar-refractivity contribution in [2.24, 2.45) is 0 Å². The molecule has 2 aromatic carbocycles. The van der Waals surface area contributed by atoms with Crippen molar-refractivity contribution in [3.63, 3.8) is 0 Å². The summed E-state index contributed by atoms with van der Waals surface area (Å²) in [6, 6.07) is 14.7. The Morgan fingerprint density at radius 1 is 0.730 bits per heavy atom. The van der Waals surface area contributed by atoms with Crippen LogP contribution < -0.4 is 10.3 Å². The number of aromatic nitrogens is 2. The molecule has 1 aliphatic heterocycles. The molecule has 0 atom stereocenters. The molecule has 3 aromatic rings. The molecule has 2 heterocycles. The molecule has 0 N–H and O–H groups in total. The van der Waals surface area contributed by atoms with Crippen molar-refractivity contribution in [3.05, 3.63) is 71.0 Å². The highest BCUT2D eigenvalue weighted by molar-refractivity contribution is 6.72. The Morgan fingerprint density at radius 2 is 1.22 bits per heavy atom. The van der Waals surface area contributed by atoms with Crippen LogP contribution in [0.15, 0.2) is 48.8 Å². The van der Waals surface area contributed by atoms with E-state index < -0.39 is 0 Å². The van der Waals surface area contributed by atoms with Gasteiger partial charge < -0.3 is 4.81 Å². The Bertz CT molecular complexity index is 1230. The molecule has 4 rings (SSSR count). The summed E-state index contributed by atoms with van der Waals surface area (Å²) in [6.45, 7) is 28.5. The molecule has 0 saturated heterocycles. The average molecular weight is 499 g/mol. The molecule has 0 aliphatic carbocycles. The smallest absolute Gasteiger partial charge is 0.135 e. The number of imidazole rings is 1. The normalized spacial score (nSPS) is 15.5. The number of hydrogen-bond donors (Lipinski definition) is 0. The van der Waals surface area contributed by atoms with Gasteiger partial charge in [-0.25, -0.2) is 9.13 Å². The highest BCUT2D eigenvalue weighted by Crippen LogP contribution is 2.40. The van der Waals surface area contributed by atoms with Crippen molar-refractivity contribution in [1.82, 2.24) is 9.38 Å². The highest BCUT2D eigenvalue weighted by Gasteiger charge is 2.44. The molecule has 4 heteroatoms. The Labute approximate surface area is 227 Å². The third kappa shape index (κ3) is 4.50. The molecule has 0 amide bonds. The maximum Gasteiger partial charge on any atom is 0.135 e. The van der Waals surface area contributed by atoms with Crippen molar-refractivity contribution in [2.75, 3.05) is 0 Å². The van der Waals surface area contributed by atoms with Gasteiger partial charge in [-0.3, -0.25) is 0 Å². The molecule has 0 bridgehead atoms. The van der Waals surface area contributed by atoms with E-state index in [-0.39, 0.29) is 12.2 Å². The van der Waals surface area contributed by atoms with Crippen LogP contribution in [0.4, 0.5) is 0 Å². The molecule has 1 radical (unpaired) electrons. The van der Waals surface area contributed by atoms with E-state index in [1.54, 1.807) is 0 Å². The second kappa shape index (κ2) is 10.1. The fourth-order valence-electron chi connectivity index (χ4n) is 6.82. The molecule has 199 valence electrons. The molecule has 0 spiro atoms. The van der Waals surface area contributed by atoms with Gasteiger partial charge in [0.05, 0.1) is 12.6 Å². The number of para-hydroxylation sites is 2. The minimum Gasteiger partial charge on any atom is -0.486 e. The fraction of sp³-hybridized carbons (Fsp3) is 0.545. The summed E-state index contributed by atoms with van der Waals surface area (Å²) in [5.74, 6) is 1.33. The largest absolute Gasteiger partial charge is 0.486 e. The quantitative estimate of drug-likeness (QED) is 0.246. The second-order valence-corrected chi connectivity index (χ2v) is 13.1. The minimum absolute atomic E-state index is 0.0738. The zero-order valence-corrected chi connectivity index (χ0v) is 25.4. The van der Waals surface area contributed by atoms with Gasteiger partial charge in [-0.05, 0) is 35.4 Å². The zero-order valence-electron chi connectivity index (χ0n) is 25.4. The first-order valence-electron chi connectivity index (χ1n) is 14.5. The van der Waals surface area contributed by atoms with Crippen molar-refractivity contribution in [2.45, 2.75) is 118 Å². The lowest BCUT2D eigenvalue weighted by atomic mass is 9.36. The summed E-state index contributed by atoms with van der Waals surface area (Å²) in [5.41, 5.74) is 9.85.